The Hall–Kier alpha value is -1.79. The molecule has 3 rings (SSSR count). The van der Waals surface area contributed by atoms with Crippen LogP contribution in [0.25, 0.3) is 0 Å². The second-order valence-electron chi connectivity index (χ2n) is 6.69. The molecule has 7 heteroatoms. The Labute approximate surface area is 148 Å². The second-order valence-corrected chi connectivity index (χ2v) is 6.69. The summed E-state index contributed by atoms with van der Waals surface area (Å²) in [7, 11) is 0. The van der Waals surface area contributed by atoms with Gasteiger partial charge in [0.1, 0.15) is 0 Å². The quantitative estimate of drug-likeness (QED) is 0.778. The first-order chi connectivity index (χ1) is 11.0. The highest BCUT2D eigenvalue weighted by atomic mass is 35.5. The van der Waals surface area contributed by atoms with Crippen LogP contribution in [0.3, 0.4) is 0 Å². The maximum Gasteiger partial charge on any atom is 0.319 e. The lowest BCUT2D eigenvalue weighted by molar-refractivity contribution is 0.0782. The number of hydrogen-bond donors (Lipinski definition) is 3. The van der Waals surface area contributed by atoms with E-state index in [-0.39, 0.29) is 30.4 Å². The molecule has 2 fully saturated rings. The molecule has 0 aromatic heterocycles. The van der Waals surface area contributed by atoms with E-state index in [2.05, 4.69) is 16.0 Å². The summed E-state index contributed by atoms with van der Waals surface area (Å²) in [5, 5.41) is 8.94. The van der Waals surface area contributed by atoms with Crippen LogP contribution in [0.1, 0.15) is 24.2 Å². The van der Waals surface area contributed by atoms with Crippen LogP contribution in [-0.4, -0.2) is 49.1 Å². The largest absolute Gasteiger partial charge is 0.338 e. The maximum absolute atomic E-state index is 12.8. The van der Waals surface area contributed by atoms with E-state index in [9.17, 15) is 9.59 Å². The van der Waals surface area contributed by atoms with E-state index in [0.717, 1.165) is 26.2 Å². The fourth-order valence-electron chi connectivity index (χ4n) is 3.39. The summed E-state index contributed by atoms with van der Waals surface area (Å²) < 4.78 is 0. The van der Waals surface area contributed by atoms with E-state index in [1.165, 1.54) is 0 Å². The van der Waals surface area contributed by atoms with Crippen molar-refractivity contribution in [2.45, 2.75) is 19.9 Å². The number of halogens is 1. The predicted octanol–water partition coefficient (Wildman–Crippen LogP) is 1.93. The summed E-state index contributed by atoms with van der Waals surface area (Å²) in [5.41, 5.74) is 1.12. The number of para-hydroxylation sites is 1. The van der Waals surface area contributed by atoms with Crippen molar-refractivity contribution < 1.29 is 9.59 Å². The van der Waals surface area contributed by atoms with Crippen LogP contribution in [0.2, 0.25) is 0 Å². The Bertz CT molecular complexity index is 596. The molecule has 132 valence electrons. The van der Waals surface area contributed by atoms with Crippen molar-refractivity contribution in [3.05, 3.63) is 29.8 Å². The molecule has 0 saturated carbocycles. The van der Waals surface area contributed by atoms with E-state index in [1.807, 2.05) is 30.9 Å². The Morgan fingerprint density at radius 1 is 1.17 bits per heavy atom. The van der Waals surface area contributed by atoms with Crippen LogP contribution in [0.5, 0.6) is 0 Å². The summed E-state index contributed by atoms with van der Waals surface area (Å²) >= 11 is 0. The summed E-state index contributed by atoms with van der Waals surface area (Å²) in [6.45, 7) is 7.36. The lowest BCUT2D eigenvalue weighted by Gasteiger charge is -2.20. The highest BCUT2D eigenvalue weighted by Crippen LogP contribution is 2.28. The highest BCUT2D eigenvalue weighted by Gasteiger charge is 2.38. The van der Waals surface area contributed by atoms with Gasteiger partial charge in [-0.15, -0.1) is 12.4 Å². The Balaban J connectivity index is 0.00000208. The van der Waals surface area contributed by atoms with E-state index in [0.29, 0.717) is 23.1 Å². The molecule has 2 aliphatic heterocycles. The van der Waals surface area contributed by atoms with Gasteiger partial charge in [-0.1, -0.05) is 12.1 Å². The molecule has 24 heavy (non-hydrogen) atoms. The minimum atomic E-state index is -0.289. The van der Waals surface area contributed by atoms with Crippen molar-refractivity contribution in [1.82, 2.24) is 15.5 Å². The average molecular weight is 353 g/mol. The van der Waals surface area contributed by atoms with Gasteiger partial charge in [0.15, 0.2) is 0 Å². The number of likely N-dealkylation sites (tertiary alicyclic amines) is 1. The molecule has 0 spiro atoms. The van der Waals surface area contributed by atoms with E-state index >= 15 is 0 Å². The van der Waals surface area contributed by atoms with E-state index < -0.39 is 0 Å². The highest BCUT2D eigenvalue weighted by molar-refractivity contribution is 6.03. The maximum atomic E-state index is 12.8. The molecule has 1 aromatic carbocycles. The molecule has 3 amide bonds. The first-order valence-electron chi connectivity index (χ1n) is 8.21. The van der Waals surface area contributed by atoms with Gasteiger partial charge in [0.05, 0.1) is 11.3 Å². The molecule has 2 heterocycles. The second kappa shape index (κ2) is 7.85. The third-order valence-electron chi connectivity index (χ3n) is 4.50. The first-order valence-corrected chi connectivity index (χ1v) is 8.21. The molecule has 6 nitrogen and oxygen atoms in total. The van der Waals surface area contributed by atoms with Gasteiger partial charge in [-0.05, 0) is 37.8 Å². The Morgan fingerprint density at radius 3 is 2.42 bits per heavy atom. The molecule has 0 radical (unpaired) electrons. The Morgan fingerprint density at radius 2 is 1.79 bits per heavy atom. The minimum absolute atomic E-state index is 0. The number of urea groups is 1. The van der Waals surface area contributed by atoms with Gasteiger partial charge in [0.25, 0.3) is 5.91 Å². The molecule has 0 bridgehead atoms. The van der Waals surface area contributed by atoms with Crippen LogP contribution in [0, 0.1) is 11.8 Å². The molecule has 2 aliphatic rings. The fourth-order valence-corrected chi connectivity index (χ4v) is 3.39. The minimum Gasteiger partial charge on any atom is -0.338 e. The molecule has 1 aromatic rings. The van der Waals surface area contributed by atoms with Crippen molar-refractivity contribution >= 4 is 30.0 Å². The number of carbonyl (C=O) groups is 2. The van der Waals surface area contributed by atoms with Crippen LogP contribution in [-0.2, 0) is 0 Å². The van der Waals surface area contributed by atoms with Gasteiger partial charge < -0.3 is 20.9 Å². The molecule has 2 atom stereocenters. The Kier molecular flexibility index (Phi) is 6.07. The zero-order valence-electron chi connectivity index (χ0n) is 14.0. The van der Waals surface area contributed by atoms with Gasteiger partial charge in [-0.2, -0.15) is 0 Å². The topological polar surface area (TPSA) is 73.5 Å². The number of carbonyl (C=O) groups excluding carboxylic acids is 2. The standard InChI is InChI=1S/C17H24N4O2.ClH/c1-11(2)19-17(23)20-15-6-4-3-5-14(15)16(22)21-9-12-7-18-8-13(12)10-21;/h3-6,11-13,18H,7-10H2,1-2H3,(H2,19,20,23);1H/t12-,13+;. The van der Waals surface area contributed by atoms with Crippen LogP contribution in [0.4, 0.5) is 10.5 Å². The lowest BCUT2D eigenvalue weighted by Crippen LogP contribution is -2.36. The monoisotopic (exact) mass is 352 g/mol. The number of nitrogens with zero attached hydrogens (tertiary/aromatic N) is 1. The number of fused-ring (bicyclic) bond motifs is 1. The van der Waals surface area contributed by atoms with Crippen molar-refractivity contribution in [3.63, 3.8) is 0 Å². The number of rotatable bonds is 3. The van der Waals surface area contributed by atoms with Gasteiger partial charge in [0.2, 0.25) is 0 Å². The number of amides is 3. The summed E-state index contributed by atoms with van der Waals surface area (Å²) in [6.07, 6.45) is 0. The zero-order chi connectivity index (χ0) is 16.4. The number of nitrogens with one attached hydrogen (secondary N) is 3. The van der Waals surface area contributed by atoms with Crippen molar-refractivity contribution in [2.75, 3.05) is 31.5 Å². The number of anilines is 1. The van der Waals surface area contributed by atoms with Crippen LogP contribution >= 0.6 is 12.4 Å². The van der Waals surface area contributed by atoms with Gasteiger partial charge in [-0.3, -0.25) is 4.79 Å². The van der Waals surface area contributed by atoms with Gasteiger partial charge in [0, 0.05) is 32.2 Å². The third-order valence-corrected chi connectivity index (χ3v) is 4.50. The van der Waals surface area contributed by atoms with Crippen LogP contribution in [0.15, 0.2) is 24.3 Å². The van der Waals surface area contributed by atoms with Crippen molar-refractivity contribution in [1.29, 1.82) is 0 Å². The van der Waals surface area contributed by atoms with E-state index in [1.54, 1.807) is 12.1 Å². The summed E-state index contributed by atoms with van der Waals surface area (Å²) in [4.78, 5) is 26.7. The van der Waals surface area contributed by atoms with Gasteiger partial charge >= 0.3 is 6.03 Å². The summed E-state index contributed by atoms with van der Waals surface area (Å²) in [6, 6.07) is 6.96. The molecular weight excluding hydrogens is 328 g/mol. The van der Waals surface area contributed by atoms with Gasteiger partial charge in [-0.25, -0.2) is 4.79 Å². The fraction of sp³-hybridized carbons (Fsp3) is 0.529. The van der Waals surface area contributed by atoms with Crippen molar-refractivity contribution in [2.24, 2.45) is 11.8 Å². The molecule has 0 unspecified atom stereocenters. The average Bonchev–Trinajstić information content (AvgIpc) is 3.07. The molecular formula is C17H25ClN4O2. The number of hydrogen-bond acceptors (Lipinski definition) is 3. The van der Waals surface area contributed by atoms with Crippen molar-refractivity contribution in [3.8, 4) is 0 Å². The van der Waals surface area contributed by atoms with E-state index in [4.69, 9.17) is 0 Å². The van der Waals surface area contributed by atoms with Crippen LogP contribution < -0.4 is 16.0 Å². The SMILES string of the molecule is CC(C)NC(=O)Nc1ccccc1C(=O)N1C[C@H]2CNC[C@H]2C1.Cl. The first kappa shape index (κ1) is 18.5. The molecule has 2 saturated heterocycles. The normalized spacial score (nSPS) is 22.0. The molecule has 3 N–H and O–H groups in total. The third kappa shape index (κ3) is 3.99. The predicted molar refractivity (Wildman–Crippen MR) is 96.7 cm³/mol. The number of benzene rings is 1. The zero-order valence-corrected chi connectivity index (χ0v) is 14.9. The molecule has 0 aliphatic carbocycles. The lowest BCUT2D eigenvalue weighted by atomic mass is 10.0. The smallest absolute Gasteiger partial charge is 0.319 e. The summed E-state index contributed by atoms with van der Waals surface area (Å²) in [5.74, 6) is 1.12.